The van der Waals surface area contributed by atoms with Gasteiger partial charge in [-0.15, -0.1) is 0 Å². The number of rotatable bonds is 2. The van der Waals surface area contributed by atoms with Crippen LogP contribution in [-0.4, -0.2) is 4.98 Å². The maximum absolute atomic E-state index is 6.26. The van der Waals surface area contributed by atoms with Crippen molar-refractivity contribution in [2.24, 2.45) is 5.73 Å². The summed E-state index contributed by atoms with van der Waals surface area (Å²) in [6.45, 7) is 0. The van der Waals surface area contributed by atoms with Gasteiger partial charge in [0, 0.05) is 17.1 Å². The Morgan fingerprint density at radius 3 is 2.88 bits per heavy atom. The molecule has 3 N–H and O–H groups in total. The Morgan fingerprint density at radius 1 is 1.19 bits per heavy atom. The molecule has 0 aliphatic rings. The Bertz CT molecular complexity index is 595. The second-order valence-corrected chi connectivity index (χ2v) is 4.60. The van der Waals surface area contributed by atoms with Crippen LogP contribution in [0, 0.1) is 0 Å². The molecule has 3 rings (SSSR count). The molecule has 1 aromatic carbocycles. The van der Waals surface area contributed by atoms with E-state index in [0.29, 0.717) is 0 Å². The third-order valence-electron chi connectivity index (χ3n) is 2.86. The molecular weight excluding hydrogens is 216 g/mol. The predicted molar refractivity (Wildman–Crippen MR) is 68.6 cm³/mol. The second-order valence-electron chi connectivity index (χ2n) is 3.82. The molecule has 80 valence electrons. The first kappa shape index (κ1) is 9.63. The van der Waals surface area contributed by atoms with Crippen molar-refractivity contribution in [3.63, 3.8) is 0 Å². The number of hydrogen-bond acceptors (Lipinski definition) is 2. The van der Waals surface area contributed by atoms with E-state index in [1.807, 2.05) is 18.3 Å². The molecule has 0 amide bonds. The first-order valence-electron chi connectivity index (χ1n) is 5.20. The van der Waals surface area contributed by atoms with E-state index in [1.54, 1.807) is 11.3 Å². The lowest BCUT2D eigenvalue weighted by atomic mass is 10.0. The zero-order valence-corrected chi connectivity index (χ0v) is 9.50. The van der Waals surface area contributed by atoms with Crippen molar-refractivity contribution in [1.82, 2.24) is 4.98 Å². The van der Waals surface area contributed by atoms with Crippen LogP contribution in [0.25, 0.3) is 10.9 Å². The zero-order valence-electron chi connectivity index (χ0n) is 8.68. The summed E-state index contributed by atoms with van der Waals surface area (Å²) in [5, 5.41) is 5.37. The maximum atomic E-state index is 6.26. The van der Waals surface area contributed by atoms with E-state index >= 15 is 0 Å². The summed E-state index contributed by atoms with van der Waals surface area (Å²) in [5.41, 5.74) is 9.74. The molecule has 2 aromatic heterocycles. The van der Waals surface area contributed by atoms with Crippen LogP contribution in [0.2, 0.25) is 0 Å². The maximum Gasteiger partial charge on any atom is 0.0581 e. The quantitative estimate of drug-likeness (QED) is 0.694. The van der Waals surface area contributed by atoms with Gasteiger partial charge in [-0.2, -0.15) is 11.3 Å². The van der Waals surface area contributed by atoms with Gasteiger partial charge in [0.15, 0.2) is 0 Å². The summed E-state index contributed by atoms with van der Waals surface area (Å²) in [5.74, 6) is 0. The first-order valence-corrected chi connectivity index (χ1v) is 6.14. The smallest absolute Gasteiger partial charge is 0.0581 e. The molecule has 1 atom stereocenters. The van der Waals surface area contributed by atoms with Gasteiger partial charge in [-0.1, -0.05) is 18.2 Å². The van der Waals surface area contributed by atoms with Gasteiger partial charge in [0.05, 0.1) is 6.04 Å². The second kappa shape index (κ2) is 3.77. The lowest BCUT2D eigenvalue weighted by Gasteiger charge is -2.08. The fourth-order valence-electron chi connectivity index (χ4n) is 1.98. The number of H-pyrrole nitrogens is 1. The highest BCUT2D eigenvalue weighted by Gasteiger charge is 2.13. The number of fused-ring (bicyclic) bond motifs is 1. The average molecular weight is 228 g/mol. The summed E-state index contributed by atoms with van der Waals surface area (Å²) in [6.07, 6.45) is 2.01. The van der Waals surface area contributed by atoms with Crippen LogP contribution < -0.4 is 5.73 Å². The molecule has 2 heterocycles. The van der Waals surface area contributed by atoms with Crippen molar-refractivity contribution in [3.8, 4) is 0 Å². The van der Waals surface area contributed by atoms with E-state index in [1.165, 1.54) is 10.9 Å². The third kappa shape index (κ3) is 1.45. The predicted octanol–water partition coefficient (Wildman–Crippen LogP) is 3.28. The minimum Gasteiger partial charge on any atom is -0.361 e. The number of thiophene rings is 1. The fraction of sp³-hybridized carbons (Fsp3) is 0.0769. The highest BCUT2D eigenvalue weighted by atomic mass is 32.1. The molecule has 2 nitrogen and oxygen atoms in total. The number of hydrogen-bond donors (Lipinski definition) is 2. The van der Waals surface area contributed by atoms with Gasteiger partial charge in [0.1, 0.15) is 0 Å². The van der Waals surface area contributed by atoms with Crippen LogP contribution in [0.3, 0.4) is 0 Å². The van der Waals surface area contributed by atoms with Crippen LogP contribution in [0.15, 0.2) is 47.3 Å². The van der Waals surface area contributed by atoms with Crippen LogP contribution in [-0.2, 0) is 0 Å². The van der Waals surface area contributed by atoms with Crippen molar-refractivity contribution in [3.05, 3.63) is 58.4 Å². The van der Waals surface area contributed by atoms with Crippen LogP contribution in [0.4, 0.5) is 0 Å². The van der Waals surface area contributed by atoms with Crippen LogP contribution in [0.5, 0.6) is 0 Å². The molecule has 0 aliphatic carbocycles. The first-order chi connectivity index (χ1) is 7.86. The van der Waals surface area contributed by atoms with E-state index < -0.39 is 0 Å². The van der Waals surface area contributed by atoms with Crippen molar-refractivity contribution >= 4 is 22.2 Å². The summed E-state index contributed by atoms with van der Waals surface area (Å²) < 4.78 is 0. The summed E-state index contributed by atoms with van der Waals surface area (Å²) >= 11 is 1.68. The molecule has 0 saturated heterocycles. The van der Waals surface area contributed by atoms with E-state index in [9.17, 15) is 0 Å². The normalized spacial score (nSPS) is 13.1. The molecule has 0 saturated carbocycles. The standard InChI is InChI=1S/C13H12N2S/c14-13(9-5-6-16-8-9)11-7-15-12-4-2-1-3-10(11)12/h1-8,13,15H,14H2/t13-/m1/s1. The zero-order chi connectivity index (χ0) is 11.0. The van der Waals surface area contributed by atoms with E-state index in [0.717, 1.165) is 11.1 Å². The molecule has 3 aromatic rings. The lowest BCUT2D eigenvalue weighted by molar-refractivity contribution is 0.886. The molecule has 16 heavy (non-hydrogen) atoms. The number of nitrogens with two attached hydrogens (primary N) is 1. The molecule has 0 fully saturated rings. The van der Waals surface area contributed by atoms with Crippen molar-refractivity contribution in [1.29, 1.82) is 0 Å². The molecule has 0 radical (unpaired) electrons. The Morgan fingerprint density at radius 2 is 2.06 bits per heavy atom. The fourth-order valence-corrected chi connectivity index (χ4v) is 2.68. The van der Waals surface area contributed by atoms with Gasteiger partial charge in [0.25, 0.3) is 0 Å². The van der Waals surface area contributed by atoms with Gasteiger partial charge in [-0.05, 0) is 34.0 Å². The Hall–Kier alpha value is -1.58. The van der Waals surface area contributed by atoms with E-state index in [-0.39, 0.29) is 6.04 Å². The topological polar surface area (TPSA) is 41.8 Å². The van der Waals surface area contributed by atoms with Crippen LogP contribution in [0.1, 0.15) is 17.2 Å². The largest absolute Gasteiger partial charge is 0.361 e. The average Bonchev–Trinajstić information content (AvgIpc) is 2.98. The summed E-state index contributed by atoms with van der Waals surface area (Å²) in [7, 11) is 0. The Kier molecular flexibility index (Phi) is 2.27. The van der Waals surface area contributed by atoms with Gasteiger partial charge in [-0.3, -0.25) is 0 Å². The van der Waals surface area contributed by atoms with E-state index in [4.69, 9.17) is 5.73 Å². The van der Waals surface area contributed by atoms with Gasteiger partial charge < -0.3 is 10.7 Å². The monoisotopic (exact) mass is 228 g/mol. The van der Waals surface area contributed by atoms with Gasteiger partial charge in [0.2, 0.25) is 0 Å². The summed E-state index contributed by atoms with van der Waals surface area (Å²) in [4.78, 5) is 3.25. The molecule has 0 bridgehead atoms. The summed E-state index contributed by atoms with van der Waals surface area (Å²) in [6, 6.07) is 10.3. The Balaban J connectivity index is 2.12. The highest BCUT2D eigenvalue weighted by Crippen LogP contribution is 2.27. The minimum absolute atomic E-state index is 0.0394. The molecule has 0 unspecified atom stereocenters. The SMILES string of the molecule is N[C@H](c1ccsc1)c1c[nH]c2ccccc12. The number of aromatic nitrogens is 1. The Labute approximate surface area is 97.7 Å². The van der Waals surface area contributed by atoms with E-state index in [2.05, 4.69) is 33.9 Å². The molecule has 0 spiro atoms. The third-order valence-corrected chi connectivity index (χ3v) is 3.56. The van der Waals surface area contributed by atoms with Gasteiger partial charge in [-0.25, -0.2) is 0 Å². The van der Waals surface area contributed by atoms with Gasteiger partial charge >= 0.3 is 0 Å². The number of nitrogens with one attached hydrogen (secondary N) is 1. The van der Waals surface area contributed by atoms with Crippen LogP contribution >= 0.6 is 11.3 Å². The molecule has 0 aliphatic heterocycles. The number of para-hydroxylation sites is 1. The van der Waals surface area contributed by atoms with Crippen molar-refractivity contribution < 1.29 is 0 Å². The van der Waals surface area contributed by atoms with Crippen molar-refractivity contribution in [2.45, 2.75) is 6.04 Å². The number of aromatic amines is 1. The molecular formula is C13H12N2S. The molecule has 3 heteroatoms. The number of benzene rings is 1. The highest BCUT2D eigenvalue weighted by molar-refractivity contribution is 7.08. The van der Waals surface area contributed by atoms with Crippen molar-refractivity contribution in [2.75, 3.05) is 0 Å². The lowest BCUT2D eigenvalue weighted by Crippen LogP contribution is -2.10. The minimum atomic E-state index is -0.0394.